The van der Waals surface area contributed by atoms with Crippen LogP contribution in [-0.2, 0) is 0 Å². The first-order valence-electron chi connectivity index (χ1n) is 8.41. The molecule has 0 spiro atoms. The van der Waals surface area contributed by atoms with Crippen molar-refractivity contribution in [1.82, 2.24) is 15.3 Å². The van der Waals surface area contributed by atoms with Crippen LogP contribution >= 0.6 is 11.3 Å². The number of thiophene rings is 1. The minimum Gasteiger partial charge on any atom is -0.487 e. The maximum absolute atomic E-state index is 13.0. The minimum atomic E-state index is -0.375. The molecule has 7 heteroatoms. The van der Waals surface area contributed by atoms with Crippen molar-refractivity contribution in [2.24, 2.45) is 0 Å². The normalized spacial score (nSPS) is 18.2. The molecular formula is C19H19N3O3S. The molecule has 1 aliphatic rings. The third-order valence-corrected chi connectivity index (χ3v) is 5.82. The number of rotatable bonds is 2. The standard InChI is InChI=1S/C19H19N3O3S/c1-10-14-16(23)20-9-21-18(14)26-15(10)17(24)22-12-8-19(2,3)25-13-7-5-4-6-11(12)13/h4-7,9,12H,8H2,1-3H3,(H,22,24)(H,20,21,23). The van der Waals surface area contributed by atoms with Gasteiger partial charge in [0.25, 0.3) is 11.5 Å². The fraction of sp³-hybridized carbons (Fsp3) is 0.316. The van der Waals surface area contributed by atoms with Gasteiger partial charge >= 0.3 is 0 Å². The fourth-order valence-electron chi connectivity index (χ4n) is 3.45. The van der Waals surface area contributed by atoms with Gasteiger partial charge < -0.3 is 15.0 Å². The first-order valence-corrected chi connectivity index (χ1v) is 9.23. The van der Waals surface area contributed by atoms with E-state index in [0.717, 1.165) is 11.3 Å². The summed E-state index contributed by atoms with van der Waals surface area (Å²) in [6.45, 7) is 5.80. The Hall–Kier alpha value is -2.67. The van der Waals surface area contributed by atoms with Gasteiger partial charge in [0, 0.05) is 12.0 Å². The van der Waals surface area contributed by atoms with Crippen molar-refractivity contribution in [3.63, 3.8) is 0 Å². The highest BCUT2D eigenvalue weighted by Crippen LogP contribution is 2.39. The van der Waals surface area contributed by atoms with Crippen molar-refractivity contribution in [1.29, 1.82) is 0 Å². The molecule has 0 bridgehead atoms. The molecular weight excluding hydrogens is 350 g/mol. The number of nitrogens with one attached hydrogen (secondary N) is 2. The number of aromatic nitrogens is 2. The summed E-state index contributed by atoms with van der Waals surface area (Å²) >= 11 is 1.24. The minimum absolute atomic E-state index is 0.154. The zero-order chi connectivity index (χ0) is 18.5. The van der Waals surface area contributed by atoms with Crippen LogP contribution in [0.15, 0.2) is 35.4 Å². The Morgan fingerprint density at radius 3 is 2.92 bits per heavy atom. The number of aromatic amines is 1. The zero-order valence-corrected chi connectivity index (χ0v) is 15.6. The number of H-pyrrole nitrogens is 1. The van der Waals surface area contributed by atoms with E-state index in [1.165, 1.54) is 17.7 Å². The summed E-state index contributed by atoms with van der Waals surface area (Å²) in [5.74, 6) is 0.600. The number of para-hydroxylation sites is 1. The third-order valence-electron chi connectivity index (χ3n) is 4.62. The summed E-state index contributed by atoms with van der Waals surface area (Å²) in [4.78, 5) is 32.8. The van der Waals surface area contributed by atoms with E-state index in [1.54, 1.807) is 6.92 Å². The summed E-state index contributed by atoms with van der Waals surface area (Å²) in [6, 6.07) is 7.60. The number of nitrogens with zero attached hydrogens (tertiary/aromatic N) is 1. The summed E-state index contributed by atoms with van der Waals surface area (Å²) in [5.41, 5.74) is 1.03. The first kappa shape index (κ1) is 16.8. The molecule has 2 aromatic heterocycles. The van der Waals surface area contributed by atoms with Gasteiger partial charge in [0.15, 0.2) is 0 Å². The van der Waals surface area contributed by atoms with E-state index < -0.39 is 0 Å². The van der Waals surface area contributed by atoms with E-state index in [9.17, 15) is 9.59 Å². The lowest BCUT2D eigenvalue weighted by atomic mass is 9.89. The molecule has 1 aromatic carbocycles. The Morgan fingerprint density at radius 1 is 1.38 bits per heavy atom. The lowest BCUT2D eigenvalue weighted by Crippen LogP contribution is -2.41. The number of hydrogen-bond donors (Lipinski definition) is 2. The summed E-state index contributed by atoms with van der Waals surface area (Å²) in [5, 5.41) is 3.60. The van der Waals surface area contributed by atoms with Crippen LogP contribution in [0.1, 0.15) is 47.1 Å². The van der Waals surface area contributed by atoms with Crippen LogP contribution in [0.5, 0.6) is 5.75 Å². The topological polar surface area (TPSA) is 84.1 Å². The van der Waals surface area contributed by atoms with Gasteiger partial charge in [-0.1, -0.05) is 18.2 Å². The Bertz CT molecular complexity index is 1070. The molecule has 0 fully saturated rings. The number of carbonyl (C=O) groups is 1. The van der Waals surface area contributed by atoms with Gasteiger partial charge in [-0.3, -0.25) is 9.59 Å². The van der Waals surface area contributed by atoms with Crippen molar-refractivity contribution in [3.05, 3.63) is 57.0 Å². The second kappa shape index (κ2) is 5.95. The summed E-state index contributed by atoms with van der Waals surface area (Å²) in [7, 11) is 0. The van der Waals surface area contributed by atoms with Gasteiger partial charge in [0.1, 0.15) is 16.2 Å². The lowest BCUT2D eigenvalue weighted by Gasteiger charge is -2.37. The van der Waals surface area contributed by atoms with Gasteiger partial charge in [0.05, 0.1) is 22.6 Å². The molecule has 6 nitrogen and oxygen atoms in total. The SMILES string of the molecule is Cc1c(C(=O)NC2CC(C)(C)Oc3ccccc32)sc2nc[nH]c(=O)c12. The number of hydrogen-bond acceptors (Lipinski definition) is 5. The van der Waals surface area contributed by atoms with E-state index in [4.69, 9.17) is 4.74 Å². The van der Waals surface area contributed by atoms with Gasteiger partial charge in [-0.05, 0) is 32.4 Å². The molecule has 2 N–H and O–H groups in total. The number of carbonyl (C=O) groups excluding carboxylic acids is 1. The molecule has 26 heavy (non-hydrogen) atoms. The molecule has 0 radical (unpaired) electrons. The van der Waals surface area contributed by atoms with Crippen LogP contribution in [0.4, 0.5) is 0 Å². The molecule has 0 saturated heterocycles. The van der Waals surface area contributed by atoms with Crippen molar-refractivity contribution in [3.8, 4) is 5.75 Å². The fourth-order valence-corrected chi connectivity index (χ4v) is 4.50. The number of aryl methyl sites for hydroxylation is 1. The Labute approximate surface area is 154 Å². The van der Waals surface area contributed by atoms with Crippen molar-refractivity contribution >= 4 is 27.5 Å². The van der Waals surface area contributed by atoms with E-state index in [1.807, 2.05) is 38.1 Å². The lowest BCUT2D eigenvalue weighted by molar-refractivity contribution is 0.0621. The third kappa shape index (κ3) is 2.78. The highest BCUT2D eigenvalue weighted by molar-refractivity contribution is 7.20. The van der Waals surface area contributed by atoms with Crippen LogP contribution in [0.3, 0.4) is 0 Å². The predicted octanol–water partition coefficient (Wildman–Crippen LogP) is 3.33. The molecule has 4 rings (SSSR count). The Morgan fingerprint density at radius 2 is 2.15 bits per heavy atom. The van der Waals surface area contributed by atoms with Crippen LogP contribution in [0.2, 0.25) is 0 Å². The Kier molecular flexibility index (Phi) is 3.84. The van der Waals surface area contributed by atoms with E-state index in [-0.39, 0.29) is 23.1 Å². The zero-order valence-electron chi connectivity index (χ0n) is 14.8. The summed E-state index contributed by atoms with van der Waals surface area (Å²) < 4.78 is 6.02. The largest absolute Gasteiger partial charge is 0.487 e. The van der Waals surface area contributed by atoms with E-state index >= 15 is 0 Å². The monoisotopic (exact) mass is 369 g/mol. The highest BCUT2D eigenvalue weighted by Gasteiger charge is 2.35. The quantitative estimate of drug-likeness (QED) is 0.726. The average molecular weight is 369 g/mol. The molecule has 0 aliphatic carbocycles. The van der Waals surface area contributed by atoms with Gasteiger partial charge in [-0.2, -0.15) is 0 Å². The van der Waals surface area contributed by atoms with Gasteiger partial charge in [-0.15, -0.1) is 11.3 Å². The van der Waals surface area contributed by atoms with Crippen LogP contribution in [0.25, 0.3) is 10.2 Å². The predicted molar refractivity (Wildman–Crippen MR) is 101 cm³/mol. The van der Waals surface area contributed by atoms with Gasteiger partial charge in [-0.25, -0.2) is 4.98 Å². The molecule has 1 aliphatic heterocycles. The Balaban J connectivity index is 1.70. The molecule has 3 aromatic rings. The molecule has 134 valence electrons. The van der Waals surface area contributed by atoms with E-state index in [2.05, 4.69) is 15.3 Å². The first-order chi connectivity index (χ1) is 12.4. The number of fused-ring (bicyclic) bond motifs is 2. The van der Waals surface area contributed by atoms with Crippen molar-refractivity contribution in [2.45, 2.75) is 38.8 Å². The number of ether oxygens (including phenoxy) is 1. The molecule has 0 saturated carbocycles. The molecule has 1 unspecified atom stereocenters. The van der Waals surface area contributed by atoms with Crippen LogP contribution < -0.4 is 15.6 Å². The highest BCUT2D eigenvalue weighted by atomic mass is 32.1. The van der Waals surface area contributed by atoms with E-state index in [0.29, 0.717) is 27.1 Å². The van der Waals surface area contributed by atoms with Crippen LogP contribution in [0, 0.1) is 6.92 Å². The van der Waals surface area contributed by atoms with Crippen LogP contribution in [-0.4, -0.2) is 21.5 Å². The maximum atomic E-state index is 13.0. The smallest absolute Gasteiger partial charge is 0.262 e. The van der Waals surface area contributed by atoms with Gasteiger partial charge in [0.2, 0.25) is 0 Å². The average Bonchev–Trinajstić information content (AvgIpc) is 2.92. The second-order valence-electron chi connectivity index (χ2n) is 7.10. The van der Waals surface area contributed by atoms with Crippen molar-refractivity contribution < 1.29 is 9.53 Å². The maximum Gasteiger partial charge on any atom is 0.262 e. The van der Waals surface area contributed by atoms with Crippen molar-refractivity contribution in [2.75, 3.05) is 0 Å². The number of amides is 1. The molecule has 1 amide bonds. The number of benzene rings is 1. The second-order valence-corrected chi connectivity index (χ2v) is 8.10. The summed E-state index contributed by atoms with van der Waals surface area (Å²) in [6.07, 6.45) is 2.03. The molecule has 3 heterocycles. The molecule has 1 atom stereocenters.